The van der Waals surface area contributed by atoms with E-state index >= 15 is 0 Å². The van der Waals surface area contributed by atoms with Crippen LogP contribution >= 0.6 is 0 Å². The molecule has 3 rings (SSSR count). The van der Waals surface area contributed by atoms with Crippen LogP contribution in [0.2, 0.25) is 0 Å². The lowest BCUT2D eigenvalue weighted by atomic mass is 9.98. The average molecular weight is 329 g/mol. The molecule has 0 bridgehead atoms. The summed E-state index contributed by atoms with van der Waals surface area (Å²) in [5, 5.41) is 12.5. The number of ether oxygens (including phenoxy) is 1. The van der Waals surface area contributed by atoms with E-state index < -0.39 is 0 Å². The Morgan fingerprint density at radius 1 is 0.960 bits per heavy atom. The van der Waals surface area contributed by atoms with Gasteiger partial charge in [-0.1, -0.05) is 48.5 Å². The first-order valence-corrected chi connectivity index (χ1v) is 8.21. The van der Waals surface area contributed by atoms with Crippen LogP contribution in [0.25, 0.3) is 0 Å². The maximum absolute atomic E-state index is 9.06. The number of nitriles is 1. The highest BCUT2D eigenvalue weighted by Crippen LogP contribution is 2.27. The fraction of sp³-hybridized carbons (Fsp3) is 0.143. The summed E-state index contributed by atoms with van der Waals surface area (Å²) >= 11 is 0. The third kappa shape index (κ3) is 4.15. The number of aromatic nitrogens is 1. The summed E-state index contributed by atoms with van der Waals surface area (Å²) in [7, 11) is 0. The molecule has 124 valence electrons. The van der Waals surface area contributed by atoms with Gasteiger partial charge in [0.25, 0.3) is 0 Å². The Hall–Kier alpha value is -3.32. The number of nitrogens with one attached hydrogen (secondary N) is 1. The molecule has 0 radical (unpaired) electrons. The molecule has 3 aromatic rings. The summed E-state index contributed by atoms with van der Waals surface area (Å²) in [4.78, 5) is 4.33. The number of hydrogen-bond donors (Lipinski definition) is 1. The second-order valence-corrected chi connectivity index (χ2v) is 5.51. The third-order valence-electron chi connectivity index (χ3n) is 3.81. The number of benzene rings is 2. The normalized spacial score (nSPS) is 11.4. The Morgan fingerprint density at radius 2 is 1.68 bits per heavy atom. The first-order valence-electron chi connectivity index (χ1n) is 8.21. The maximum atomic E-state index is 9.06. The Kier molecular flexibility index (Phi) is 5.28. The summed E-state index contributed by atoms with van der Waals surface area (Å²) in [6.45, 7) is 2.61. The molecular formula is C21H19N3O. The SMILES string of the molecule is CCOc1ccc(C(Nc2cccc(C#N)n2)c2ccccc2)cc1. The smallest absolute Gasteiger partial charge is 0.142 e. The van der Waals surface area contributed by atoms with Gasteiger partial charge in [0.15, 0.2) is 0 Å². The van der Waals surface area contributed by atoms with E-state index in [4.69, 9.17) is 10.00 Å². The van der Waals surface area contributed by atoms with Gasteiger partial charge in [0, 0.05) is 0 Å². The van der Waals surface area contributed by atoms with Gasteiger partial charge >= 0.3 is 0 Å². The van der Waals surface area contributed by atoms with Crippen LogP contribution in [0.15, 0.2) is 72.8 Å². The van der Waals surface area contributed by atoms with Gasteiger partial charge < -0.3 is 10.1 Å². The van der Waals surface area contributed by atoms with E-state index in [0.717, 1.165) is 16.9 Å². The fourth-order valence-corrected chi connectivity index (χ4v) is 2.65. The van der Waals surface area contributed by atoms with E-state index in [0.29, 0.717) is 18.1 Å². The van der Waals surface area contributed by atoms with E-state index in [9.17, 15) is 0 Å². The zero-order chi connectivity index (χ0) is 17.5. The molecule has 0 aliphatic heterocycles. The van der Waals surface area contributed by atoms with E-state index in [-0.39, 0.29) is 6.04 Å². The van der Waals surface area contributed by atoms with Crippen LogP contribution in [-0.4, -0.2) is 11.6 Å². The Morgan fingerprint density at radius 3 is 2.36 bits per heavy atom. The zero-order valence-corrected chi connectivity index (χ0v) is 14.0. The van der Waals surface area contributed by atoms with E-state index in [1.54, 1.807) is 6.07 Å². The van der Waals surface area contributed by atoms with Crippen molar-refractivity contribution < 1.29 is 4.74 Å². The highest BCUT2D eigenvalue weighted by Gasteiger charge is 2.15. The minimum absolute atomic E-state index is 0.0710. The molecule has 1 unspecified atom stereocenters. The van der Waals surface area contributed by atoms with Crippen LogP contribution in [0.3, 0.4) is 0 Å². The molecule has 1 N–H and O–H groups in total. The molecule has 25 heavy (non-hydrogen) atoms. The number of hydrogen-bond acceptors (Lipinski definition) is 4. The highest BCUT2D eigenvalue weighted by molar-refractivity contribution is 5.46. The average Bonchev–Trinajstić information content (AvgIpc) is 2.68. The molecule has 0 saturated carbocycles. The lowest BCUT2D eigenvalue weighted by Crippen LogP contribution is -2.13. The van der Waals surface area contributed by atoms with E-state index in [1.807, 2.05) is 61.5 Å². The molecule has 4 heteroatoms. The van der Waals surface area contributed by atoms with Gasteiger partial charge in [0.05, 0.1) is 12.6 Å². The predicted molar refractivity (Wildman–Crippen MR) is 98.5 cm³/mol. The number of anilines is 1. The summed E-state index contributed by atoms with van der Waals surface area (Å²) in [6, 6.07) is 25.6. The quantitative estimate of drug-likeness (QED) is 0.720. The molecule has 1 atom stereocenters. The second kappa shape index (κ2) is 7.98. The lowest BCUT2D eigenvalue weighted by molar-refractivity contribution is 0.340. The minimum atomic E-state index is -0.0710. The van der Waals surface area contributed by atoms with Crippen molar-refractivity contribution in [3.63, 3.8) is 0 Å². The van der Waals surface area contributed by atoms with E-state index in [1.165, 1.54) is 0 Å². The standard InChI is InChI=1S/C21H19N3O/c1-2-25-19-13-11-17(12-14-19)21(16-7-4-3-5-8-16)24-20-10-6-9-18(15-22)23-20/h3-14,21H,2H2,1H3,(H,23,24). The van der Waals surface area contributed by atoms with Crippen LogP contribution < -0.4 is 10.1 Å². The molecule has 0 fully saturated rings. The second-order valence-electron chi connectivity index (χ2n) is 5.51. The van der Waals surface area contributed by atoms with Crippen LogP contribution in [0.4, 0.5) is 5.82 Å². The molecule has 0 aliphatic rings. The number of rotatable bonds is 6. The van der Waals surface area contributed by atoms with Gasteiger partial charge in [-0.05, 0) is 42.3 Å². The Balaban J connectivity index is 1.94. The van der Waals surface area contributed by atoms with Crippen molar-refractivity contribution in [2.45, 2.75) is 13.0 Å². The molecule has 2 aromatic carbocycles. The van der Waals surface area contributed by atoms with Gasteiger partial charge in [-0.2, -0.15) is 5.26 Å². The van der Waals surface area contributed by atoms with Crippen LogP contribution in [0, 0.1) is 11.3 Å². The summed E-state index contributed by atoms with van der Waals surface area (Å²) in [5.41, 5.74) is 2.61. The Labute approximate surface area is 147 Å². The van der Waals surface area contributed by atoms with E-state index in [2.05, 4.69) is 28.5 Å². The van der Waals surface area contributed by atoms with Crippen molar-refractivity contribution in [1.82, 2.24) is 4.98 Å². The predicted octanol–water partition coefficient (Wildman–Crippen LogP) is 4.55. The van der Waals surface area contributed by atoms with Gasteiger partial charge in [0.2, 0.25) is 0 Å². The molecule has 0 spiro atoms. The topological polar surface area (TPSA) is 57.9 Å². The molecule has 0 amide bonds. The third-order valence-corrected chi connectivity index (χ3v) is 3.81. The molecule has 0 aliphatic carbocycles. The molecular weight excluding hydrogens is 310 g/mol. The van der Waals surface area contributed by atoms with Gasteiger partial charge in [-0.15, -0.1) is 0 Å². The van der Waals surface area contributed by atoms with Crippen molar-refractivity contribution in [1.29, 1.82) is 5.26 Å². The van der Waals surface area contributed by atoms with Gasteiger partial charge in [-0.3, -0.25) is 0 Å². The van der Waals surface area contributed by atoms with Crippen molar-refractivity contribution in [3.05, 3.63) is 89.6 Å². The highest BCUT2D eigenvalue weighted by atomic mass is 16.5. The molecule has 0 saturated heterocycles. The first-order chi connectivity index (χ1) is 12.3. The lowest BCUT2D eigenvalue weighted by Gasteiger charge is -2.21. The molecule has 1 heterocycles. The van der Waals surface area contributed by atoms with Crippen molar-refractivity contribution >= 4 is 5.82 Å². The van der Waals surface area contributed by atoms with Crippen LogP contribution in [-0.2, 0) is 0 Å². The first kappa shape index (κ1) is 16.5. The van der Waals surface area contributed by atoms with Gasteiger partial charge in [-0.25, -0.2) is 4.98 Å². The van der Waals surface area contributed by atoms with Crippen molar-refractivity contribution in [2.75, 3.05) is 11.9 Å². The summed E-state index contributed by atoms with van der Waals surface area (Å²) in [5.74, 6) is 1.52. The molecule has 4 nitrogen and oxygen atoms in total. The number of nitrogens with zero attached hydrogens (tertiary/aromatic N) is 2. The monoisotopic (exact) mass is 329 g/mol. The van der Waals surface area contributed by atoms with Crippen LogP contribution in [0.1, 0.15) is 29.8 Å². The van der Waals surface area contributed by atoms with Crippen molar-refractivity contribution in [2.24, 2.45) is 0 Å². The number of pyridine rings is 1. The molecule has 1 aromatic heterocycles. The summed E-state index contributed by atoms with van der Waals surface area (Å²) in [6.07, 6.45) is 0. The summed E-state index contributed by atoms with van der Waals surface area (Å²) < 4.78 is 5.53. The minimum Gasteiger partial charge on any atom is -0.494 e. The zero-order valence-electron chi connectivity index (χ0n) is 14.0. The van der Waals surface area contributed by atoms with Crippen LogP contribution in [0.5, 0.6) is 5.75 Å². The van der Waals surface area contributed by atoms with Gasteiger partial charge in [0.1, 0.15) is 23.3 Å². The largest absolute Gasteiger partial charge is 0.494 e. The Bertz CT molecular complexity index is 854. The fourth-order valence-electron chi connectivity index (χ4n) is 2.65. The maximum Gasteiger partial charge on any atom is 0.142 e. The van der Waals surface area contributed by atoms with Crippen molar-refractivity contribution in [3.8, 4) is 11.8 Å².